The summed E-state index contributed by atoms with van der Waals surface area (Å²) in [6.07, 6.45) is 2.59. The molecule has 38 heavy (non-hydrogen) atoms. The minimum atomic E-state index is -0.331. The lowest BCUT2D eigenvalue weighted by Crippen LogP contribution is -2.47. The molecule has 4 rings (SSSR count). The van der Waals surface area contributed by atoms with Gasteiger partial charge >= 0.3 is 0 Å². The molecule has 0 bridgehead atoms. The number of ether oxygens (including phenoxy) is 1. The monoisotopic (exact) mass is 535 g/mol. The first-order valence-corrected chi connectivity index (χ1v) is 12.9. The summed E-state index contributed by atoms with van der Waals surface area (Å²) in [7, 11) is 0. The molecule has 1 aromatic heterocycles. The highest BCUT2D eigenvalue weighted by Gasteiger charge is 2.24. The fraction of sp³-hybridized carbons (Fsp3) is 0.267. The first-order chi connectivity index (χ1) is 18.3. The van der Waals surface area contributed by atoms with Gasteiger partial charge in [0.15, 0.2) is 6.61 Å². The number of H-pyrrole nitrogens is 1. The van der Waals surface area contributed by atoms with E-state index in [9.17, 15) is 14.0 Å². The van der Waals surface area contributed by atoms with Gasteiger partial charge in [-0.15, -0.1) is 0 Å². The molecule has 4 aromatic rings. The van der Waals surface area contributed by atoms with Gasteiger partial charge in [0.25, 0.3) is 5.91 Å². The largest absolute Gasteiger partial charge is 0.484 e. The maximum Gasteiger partial charge on any atom is 0.261 e. The minimum absolute atomic E-state index is 0.0877. The number of nitrogens with zero attached hydrogens (tertiary/aromatic N) is 2. The van der Waals surface area contributed by atoms with Crippen molar-refractivity contribution >= 4 is 34.3 Å². The maximum absolute atomic E-state index is 13.6. The summed E-state index contributed by atoms with van der Waals surface area (Å²) in [5.41, 5.74) is 2.95. The second-order valence-corrected chi connectivity index (χ2v) is 9.85. The van der Waals surface area contributed by atoms with Gasteiger partial charge in [-0.05, 0) is 73.9 Å². The molecule has 3 aromatic carbocycles. The van der Waals surface area contributed by atoms with Gasteiger partial charge in [0.2, 0.25) is 5.91 Å². The molecule has 1 heterocycles. The molecule has 0 aliphatic rings. The van der Waals surface area contributed by atoms with Crippen LogP contribution < -0.4 is 4.74 Å². The van der Waals surface area contributed by atoms with Crippen LogP contribution in [0.15, 0.2) is 79.0 Å². The van der Waals surface area contributed by atoms with Crippen molar-refractivity contribution in [1.82, 2.24) is 14.8 Å². The molecule has 0 radical (unpaired) electrons. The number of carbonyl (C=O) groups excluding carboxylic acids is 2. The standard InChI is InChI=1S/C30H31ClFN3O3/c1-21(2)35(30(37)20-38-26-13-9-24(31)10-14-26)19-29(36)34(18-22-7-11-25(32)12-8-22)16-15-23-17-33-28-6-4-3-5-27(23)28/h3-14,17,21,33H,15-16,18-20H2,1-2H3. The van der Waals surface area contributed by atoms with Crippen LogP contribution in [0.2, 0.25) is 5.02 Å². The molecule has 0 atom stereocenters. The van der Waals surface area contributed by atoms with Gasteiger partial charge in [-0.25, -0.2) is 4.39 Å². The lowest BCUT2D eigenvalue weighted by atomic mass is 10.1. The Bertz CT molecular complexity index is 1370. The zero-order valence-corrected chi connectivity index (χ0v) is 22.2. The van der Waals surface area contributed by atoms with Crippen molar-refractivity contribution in [2.24, 2.45) is 0 Å². The minimum Gasteiger partial charge on any atom is -0.484 e. The average Bonchev–Trinajstić information content (AvgIpc) is 3.33. The molecule has 0 saturated heterocycles. The van der Waals surface area contributed by atoms with E-state index < -0.39 is 0 Å². The van der Waals surface area contributed by atoms with Crippen LogP contribution in [-0.4, -0.2) is 52.3 Å². The molecule has 0 spiro atoms. The third-order valence-electron chi connectivity index (χ3n) is 6.39. The topological polar surface area (TPSA) is 65.6 Å². The van der Waals surface area contributed by atoms with Gasteiger partial charge in [-0.1, -0.05) is 41.9 Å². The molecule has 1 N–H and O–H groups in total. The Morgan fingerprint density at radius 1 is 0.974 bits per heavy atom. The lowest BCUT2D eigenvalue weighted by Gasteiger charge is -2.30. The first kappa shape index (κ1) is 27.2. The van der Waals surface area contributed by atoms with E-state index in [1.165, 1.54) is 17.0 Å². The van der Waals surface area contributed by atoms with Crippen LogP contribution in [0, 0.1) is 5.82 Å². The van der Waals surface area contributed by atoms with Crippen LogP contribution in [0.3, 0.4) is 0 Å². The van der Waals surface area contributed by atoms with Crippen LogP contribution in [0.5, 0.6) is 5.75 Å². The predicted molar refractivity (Wildman–Crippen MR) is 148 cm³/mol. The van der Waals surface area contributed by atoms with Gasteiger partial charge in [-0.2, -0.15) is 0 Å². The molecule has 0 aliphatic carbocycles. The Morgan fingerprint density at radius 2 is 1.68 bits per heavy atom. The number of amides is 2. The van der Waals surface area contributed by atoms with Crippen LogP contribution in [-0.2, 0) is 22.6 Å². The fourth-order valence-corrected chi connectivity index (χ4v) is 4.39. The molecule has 2 amide bonds. The first-order valence-electron chi connectivity index (χ1n) is 12.5. The van der Waals surface area contributed by atoms with Gasteiger partial charge in [0.05, 0.1) is 0 Å². The van der Waals surface area contributed by atoms with E-state index in [0.29, 0.717) is 30.3 Å². The fourth-order valence-electron chi connectivity index (χ4n) is 4.26. The van der Waals surface area contributed by atoms with Crippen LogP contribution >= 0.6 is 11.6 Å². The van der Waals surface area contributed by atoms with Crippen molar-refractivity contribution < 1.29 is 18.7 Å². The zero-order valence-electron chi connectivity index (χ0n) is 21.5. The highest BCUT2D eigenvalue weighted by molar-refractivity contribution is 6.30. The second kappa shape index (κ2) is 12.6. The number of benzene rings is 3. The SMILES string of the molecule is CC(C)N(CC(=O)N(CCc1c[nH]c2ccccc12)Cc1ccc(F)cc1)C(=O)COc1ccc(Cl)cc1. The number of aromatic amines is 1. The highest BCUT2D eigenvalue weighted by Crippen LogP contribution is 2.19. The highest BCUT2D eigenvalue weighted by atomic mass is 35.5. The second-order valence-electron chi connectivity index (χ2n) is 9.41. The molecule has 6 nitrogen and oxygen atoms in total. The molecule has 8 heteroatoms. The van der Waals surface area contributed by atoms with E-state index in [1.54, 1.807) is 41.3 Å². The predicted octanol–water partition coefficient (Wildman–Crippen LogP) is 5.85. The molecule has 0 unspecified atom stereocenters. The van der Waals surface area contributed by atoms with E-state index in [-0.39, 0.29) is 36.8 Å². The van der Waals surface area contributed by atoms with Crippen molar-refractivity contribution in [2.45, 2.75) is 32.9 Å². The van der Waals surface area contributed by atoms with E-state index in [4.69, 9.17) is 16.3 Å². The number of carbonyl (C=O) groups is 2. The van der Waals surface area contributed by atoms with E-state index >= 15 is 0 Å². The smallest absolute Gasteiger partial charge is 0.261 e. The van der Waals surface area contributed by atoms with Crippen LogP contribution in [0.1, 0.15) is 25.0 Å². The van der Waals surface area contributed by atoms with Gasteiger partial charge in [0, 0.05) is 41.3 Å². The quantitative estimate of drug-likeness (QED) is 0.262. The van der Waals surface area contributed by atoms with Crippen molar-refractivity contribution in [1.29, 1.82) is 0 Å². The number of hydrogen-bond acceptors (Lipinski definition) is 3. The summed E-state index contributed by atoms with van der Waals surface area (Å²) in [6, 6.07) is 20.7. The number of halogens is 2. The third kappa shape index (κ3) is 7.13. The summed E-state index contributed by atoms with van der Waals surface area (Å²) < 4.78 is 19.1. The van der Waals surface area contributed by atoms with Gasteiger partial charge in [-0.3, -0.25) is 9.59 Å². The van der Waals surface area contributed by atoms with Crippen LogP contribution in [0.25, 0.3) is 10.9 Å². The summed E-state index contributed by atoms with van der Waals surface area (Å²) in [4.78, 5) is 33.1. The molecule has 198 valence electrons. The van der Waals surface area contributed by atoms with Gasteiger partial charge < -0.3 is 19.5 Å². The molecule has 0 saturated carbocycles. The van der Waals surface area contributed by atoms with E-state index in [0.717, 1.165) is 22.0 Å². The third-order valence-corrected chi connectivity index (χ3v) is 6.64. The molecular formula is C30H31ClFN3O3. The Hall–Kier alpha value is -3.84. The number of fused-ring (bicyclic) bond motifs is 1. The Kier molecular flexibility index (Phi) is 9.02. The number of para-hydroxylation sites is 1. The van der Waals surface area contributed by atoms with E-state index in [1.807, 2.05) is 44.3 Å². The lowest BCUT2D eigenvalue weighted by molar-refractivity contribution is -0.143. The Balaban J connectivity index is 1.46. The summed E-state index contributed by atoms with van der Waals surface area (Å²) in [5, 5.41) is 1.69. The normalized spacial score (nSPS) is 11.1. The van der Waals surface area contributed by atoms with Crippen LogP contribution in [0.4, 0.5) is 4.39 Å². The van der Waals surface area contributed by atoms with Crippen molar-refractivity contribution in [3.8, 4) is 5.75 Å². The molecule has 0 fully saturated rings. The maximum atomic E-state index is 13.6. The Morgan fingerprint density at radius 3 is 2.39 bits per heavy atom. The Labute approximate surface area is 227 Å². The summed E-state index contributed by atoms with van der Waals surface area (Å²) >= 11 is 5.91. The number of rotatable bonds is 11. The summed E-state index contributed by atoms with van der Waals surface area (Å²) in [6.45, 7) is 4.20. The van der Waals surface area contributed by atoms with Crippen molar-refractivity contribution in [2.75, 3.05) is 19.7 Å². The van der Waals surface area contributed by atoms with Crippen molar-refractivity contribution in [3.05, 3.63) is 101 Å². The zero-order chi connectivity index (χ0) is 27.1. The van der Waals surface area contributed by atoms with Crippen molar-refractivity contribution in [3.63, 3.8) is 0 Å². The summed E-state index contributed by atoms with van der Waals surface area (Å²) in [5.74, 6) is -0.290. The molecule has 0 aliphatic heterocycles. The van der Waals surface area contributed by atoms with Gasteiger partial charge in [0.1, 0.15) is 18.1 Å². The van der Waals surface area contributed by atoms with E-state index in [2.05, 4.69) is 4.98 Å². The number of aromatic nitrogens is 1. The molecular weight excluding hydrogens is 505 g/mol. The number of nitrogens with one attached hydrogen (secondary N) is 1. The number of hydrogen-bond donors (Lipinski definition) is 1. The average molecular weight is 536 g/mol.